The minimum Gasteiger partial charge on any atom is -0.434 e. The van der Waals surface area contributed by atoms with Crippen LogP contribution in [0.1, 0.15) is 31.9 Å². The quantitative estimate of drug-likeness (QED) is 0.355. The van der Waals surface area contributed by atoms with Crippen LogP contribution in [0.2, 0.25) is 0 Å². The molecule has 0 bridgehead atoms. The van der Waals surface area contributed by atoms with E-state index in [0.717, 1.165) is 5.56 Å². The van der Waals surface area contributed by atoms with Crippen molar-refractivity contribution >= 4 is 11.9 Å². The fourth-order valence-electron chi connectivity index (χ4n) is 2.12. The lowest BCUT2D eigenvalue weighted by atomic mass is 10.1. The SMILES string of the molecule is CCNC(=NCc1cc(C)ccc1OC(F)F)NCCNC(=O)C(C)C. The van der Waals surface area contributed by atoms with E-state index in [2.05, 4.69) is 25.7 Å². The monoisotopic (exact) mass is 370 g/mol. The third-order valence-electron chi connectivity index (χ3n) is 3.42. The van der Waals surface area contributed by atoms with Gasteiger partial charge in [-0.15, -0.1) is 0 Å². The predicted molar refractivity (Wildman–Crippen MR) is 98.5 cm³/mol. The van der Waals surface area contributed by atoms with Gasteiger partial charge in [-0.2, -0.15) is 8.78 Å². The number of ether oxygens (including phenoxy) is 1. The van der Waals surface area contributed by atoms with Gasteiger partial charge in [0.05, 0.1) is 6.54 Å². The summed E-state index contributed by atoms with van der Waals surface area (Å²) in [6.45, 7) is 6.39. The molecule has 0 saturated heterocycles. The summed E-state index contributed by atoms with van der Waals surface area (Å²) in [5.74, 6) is 0.582. The van der Waals surface area contributed by atoms with E-state index in [1.165, 1.54) is 6.07 Å². The van der Waals surface area contributed by atoms with Gasteiger partial charge in [-0.1, -0.05) is 31.5 Å². The van der Waals surface area contributed by atoms with E-state index >= 15 is 0 Å². The second-order valence-electron chi connectivity index (χ2n) is 6.06. The summed E-state index contributed by atoms with van der Waals surface area (Å²) in [6, 6.07) is 5.01. The second-order valence-corrected chi connectivity index (χ2v) is 6.06. The molecule has 0 aliphatic rings. The molecule has 0 unspecified atom stereocenters. The third kappa shape index (κ3) is 8.13. The zero-order chi connectivity index (χ0) is 19.5. The van der Waals surface area contributed by atoms with Crippen molar-refractivity contribution in [1.29, 1.82) is 0 Å². The minimum absolute atomic E-state index is 0.0118. The standard InChI is InChI=1S/C18H28F2N4O2/c1-5-21-18(23-9-8-22-16(25)12(2)3)24-11-14-10-13(4)6-7-15(14)26-17(19)20/h6-7,10,12,17H,5,8-9,11H2,1-4H3,(H,22,25)(H2,21,23,24). The van der Waals surface area contributed by atoms with Crippen LogP contribution in [0.15, 0.2) is 23.2 Å². The van der Waals surface area contributed by atoms with Gasteiger partial charge >= 0.3 is 6.61 Å². The number of carbonyl (C=O) groups is 1. The van der Waals surface area contributed by atoms with Crippen molar-refractivity contribution < 1.29 is 18.3 Å². The fraction of sp³-hybridized carbons (Fsp3) is 0.556. The molecule has 0 spiro atoms. The number of amides is 1. The molecule has 0 fully saturated rings. The van der Waals surface area contributed by atoms with E-state index < -0.39 is 6.61 Å². The topological polar surface area (TPSA) is 74.8 Å². The highest BCUT2D eigenvalue weighted by Crippen LogP contribution is 2.22. The Morgan fingerprint density at radius 1 is 1.19 bits per heavy atom. The molecule has 0 atom stereocenters. The first-order valence-electron chi connectivity index (χ1n) is 8.67. The first kappa shape index (κ1) is 21.7. The fourth-order valence-corrected chi connectivity index (χ4v) is 2.12. The average Bonchev–Trinajstić information content (AvgIpc) is 2.57. The molecule has 1 aromatic carbocycles. The highest BCUT2D eigenvalue weighted by atomic mass is 19.3. The number of hydrogen-bond acceptors (Lipinski definition) is 3. The van der Waals surface area contributed by atoms with Crippen molar-refractivity contribution in [2.24, 2.45) is 10.9 Å². The Morgan fingerprint density at radius 2 is 1.88 bits per heavy atom. The molecule has 0 heterocycles. The smallest absolute Gasteiger partial charge is 0.387 e. The van der Waals surface area contributed by atoms with E-state index in [0.29, 0.717) is 31.2 Å². The Labute approximate surface area is 153 Å². The molecular formula is C18H28F2N4O2. The van der Waals surface area contributed by atoms with Gasteiger partial charge in [0.1, 0.15) is 5.75 Å². The van der Waals surface area contributed by atoms with Crippen molar-refractivity contribution in [2.45, 2.75) is 40.9 Å². The summed E-state index contributed by atoms with van der Waals surface area (Å²) in [7, 11) is 0. The summed E-state index contributed by atoms with van der Waals surface area (Å²) in [4.78, 5) is 15.9. The van der Waals surface area contributed by atoms with Crippen LogP contribution in [0.5, 0.6) is 5.75 Å². The van der Waals surface area contributed by atoms with Gasteiger partial charge in [0.2, 0.25) is 5.91 Å². The largest absolute Gasteiger partial charge is 0.434 e. The minimum atomic E-state index is -2.88. The average molecular weight is 370 g/mol. The first-order valence-corrected chi connectivity index (χ1v) is 8.67. The van der Waals surface area contributed by atoms with Crippen LogP contribution in [-0.4, -0.2) is 38.1 Å². The number of hydrogen-bond donors (Lipinski definition) is 3. The Hall–Kier alpha value is -2.38. The molecule has 6 nitrogen and oxygen atoms in total. The van der Waals surface area contributed by atoms with Crippen LogP contribution in [-0.2, 0) is 11.3 Å². The highest BCUT2D eigenvalue weighted by Gasteiger charge is 2.10. The van der Waals surface area contributed by atoms with Crippen LogP contribution in [0.25, 0.3) is 0 Å². The second kappa shape index (κ2) is 11.3. The summed E-state index contributed by atoms with van der Waals surface area (Å²) in [6.07, 6.45) is 0. The number of benzene rings is 1. The van der Waals surface area contributed by atoms with Gasteiger partial charge in [0.15, 0.2) is 5.96 Å². The first-order chi connectivity index (χ1) is 12.3. The van der Waals surface area contributed by atoms with Crippen molar-refractivity contribution in [3.63, 3.8) is 0 Å². The molecule has 8 heteroatoms. The predicted octanol–water partition coefficient (Wildman–Crippen LogP) is 2.42. The van der Waals surface area contributed by atoms with Gasteiger partial charge in [-0.05, 0) is 19.9 Å². The molecule has 0 radical (unpaired) electrons. The maximum absolute atomic E-state index is 12.5. The number of halogens is 2. The molecule has 0 saturated carbocycles. The molecule has 146 valence electrons. The van der Waals surface area contributed by atoms with Gasteiger partial charge < -0.3 is 20.7 Å². The zero-order valence-corrected chi connectivity index (χ0v) is 15.7. The van der Waals surface area contributed by atoms with Gasteiger partial charge in [0, 0.05) is 31.1 Å². The Bertz CT molecular complexity index is 607. The van der Waals surface area contributed by atoms with Gasteiger partial charge in [-0.25, -0.2) is 4.99 Å². The molecule has 1 aromatic rings. The van der Waals surface area contributed by atoms with E-state index in [1.807, 2.05) is 27.7 Å². The number of aryl methyl sites for hydroxylation is 1. The molecule has 0 aromatic heterocycles. The van der Waals surface area contributed by atoms with Crippen LogP contribution < -0.4 is 20.7 Å². The Morgan fingerprint density at radius 3 is 2.50 bits per heavy atom. The summed E-state index contributed by atoms with van der Waals surface area (Å²) in [5, 5.41) is 8.98. The van der Waals surface area contributed by atoms with E-state index in [-0.39, 0.29) is 24.1 Å². The summed E-state index contributed by atoms with van der Waals surface area (Å²) < 4.78 is 29.6. The number of rotatable bonds is 9. The van der Waals surface area contributed by atoms with E-state index in [4.69, 9.17) is 0 Å². The van der Waals surface area contributed by atoms with E-state index in [1.54, 1.807) is 12.1 Å². The molecule has 0 aliphatic carbocycles. The molecule has 0 aliphatic heterocycles. The zero-order valence-electron chi connectivity index (χ0n) is 15.7. The number of guanidine groups is 1. The molecule has 1 rings (SSSR count). The van der Waals surface area contributed by atoms with Crippen molar-refractivity contribution in [2.75, 3.05) is 19.6 Å². The maximum Gasteiger partial charge on any atom is 0.387 e. The molecule has 1 amide bonds. The van der Waals surface area contributed by atoms with Gasteiger partial charge in [0.25, 0.3) is 0 Å². The number of aliphatic imine (C=N–C) groups is 1. The Kier molecular flexibility index (Phi) is 9.40. The van der Waals surface area contributed by atoms with Crippen LogP contribution >= 0.6 is 0 Å². The van der Waals surface area contributed by atoms with Crippen molar-refractivity contribution in [1.82, 2.24) is 16.0 Å². The number of nitrogens with zero attached hydrogens (tertiary/aromatic N) is 1. The van der Waals surface area contributed by atoms with Crippen LogP contribution in [0.4, 0.5) is 8.78 Å². The summed E-state index contributed by atoms with van der Waals surface area (Å²) in [5.41, 5.74) is 1.52. The molecule has 26 heavy (non-hydrogen) atoms. The molecular weight excluding hydrogens is 342 g/mol. The van der Waals surface area contributed by atoms with Gasteiger partial charge in [-0.3, -0.25) is 4.79 Å². The molecule has 3 N–H and O–H groups in total. The maximum atomic E-state index is 12.5. The summed E-state index contributed by atoms with van der Waals surface area (Å²) >= 11 is 0. The number of carbonyl (C=O) groups excluding carboxylic acids is 1. The van der Waals surface area contributed by atoms with Crippen LogP contribution in [0, 0.1) is 12.8 Å². The number of alkyl halides is 2. The van der Waals surface area contributed by atoms with E-state index in [9.17, 15) is 13.6 Å². The Balaban J connectivity index is 2.68. The number of nitrogens with one attached hydrogen (secondary N) is 3. The highest BCUT2D eigenvalue weighted by molar-refractivity contribution is 5.80. The lowest BCUT2D eigenvalue weighted by Crippen LogP contribution is -2.42. The van der Waals surface area contributed by atoms with Crippen molar-refractivity contribution in [3.8, 4) is 5.75 Å². The normalized spacial score (nSPS) is 11.6. The third-order valence-corrected chi connectivity index (χ3v) is 3.42. The lowest BCUT2D eigenvalue weighted by Gasteiger charge is -2.14. The van der Waals surface area contributed by atoms with Crippen molar-refractivity contribution in [3.05, 3.63) is 29.3 Å². The van der Waals surface area contributed by atoms with Crippen LogP contribution in [0.3, 0.4) is 0 Å². The lowest BCUT2D eigenvalue weighted by molar-refractivity contribution is -0.123.